The topological polar surface area (TPSA) is 81.1 Å². The lowest BCUT2D eigenvalue weighted by atomic mass is 9.92. The Morgan fingerprint density at radius 2 is 2.13 bits per heavy atom. The van der Waals surface area contributed by atoms with Gasteiger partial charge in [0, 0.05) is 19.5 Å². The molecule has 0 saturated heterocycles. The van der Waals surface area contributed by atoms with Crippen LogP contribution in [0.4, 0.5) is 10.1 Å². The van der Waals surface area contributed by atoms with Gasteiger partial charge in [-0.25, -0.2) is 9.37 Å². The number of carbonyl (C=O) groups is 2. The van der Waals surface area contributed by atoms with Crippen LogP contribution < -0.4 is 10.9 Å². The van der Waals surface area contributed by atoms with E-state index in [0.717, 1.165) is 16.7 Å². The van der Waals surface area contributed by atoms with Crippen LogP contribution in [-0.2, 0) is 9.59 Å². The van der Waals surface area contributed by atoms with Gasteiger partial charge < -0.3 is 5.32 Å². The number of nitrogens with zero attached hydrogens (tertiary/aromatic N) is 2. The van der Waals surface area contributed by atoms with E-state index in [-0.39, 0.29) is 47.5 Å². The fourth-order valence-corrected chi connectivity index (χ4v) is 2.91. The average Bonchev–Trinajstić information content (AvgIpc) is 2.50. The zero-order valence-corrected chi connectivity index (χ0v) is 12.8. The van der Waals surface area contributed by atoms with Crippen molar-refractivity contribution in [3.63, 3.8) is 0 Å². The van der Waals surface area contributed by atoms with Crippen LogP contribution in [0.15, 0.2) is 16.9 Å². The van der Waals surface area contributed by atoms with Crippen LogP contribution in [0.1, 0.15) is 32.5 Å². The van der Waals surface area contributed by atoms with Gasteiger partial charge in [-0.15, -0.1) is 0 Å². The number of carbonyl (C=O) groups excluding carboxylic acids is 2. The molecule has 1 saturated carbocycles. The van der Waals surface area contributed by atoms with Crippen LogP contribution in [0.2, 0.25) is 0 Å². The standard InChI is InChI=1S/C16H16FN3O3/c1-8-19-12-6-9(17)5-11(18-2)15(12)16(23)20(8)13-4-3-10(21)7-14(13)22/h5-6,13,18H,3-4,7H2,1-2H3/t13-/m0/s1/i13D. The molecule has 0 radical (unpaired) electrons. The van der Waals surface area contributed by atoms with E-state index in [1.807, 2.05) is 0 Å². The minimum Gasteiger partial charge on any atom is -0.387 e. The van der Waals surface area contributed by atoms with E-state index in [2.05, 4.69) is 10.3 Å². The summed E-state index contributed by atoms with van der Waals surface area (Å²) in [5, 5.41) is 2.85. The number of hydrogen-bond acceptors (Lipinski definition) is 5. The Kier molecular flexibility index (Phi) is 3.40. The van der Waals surface area contributed by atoms with E-state index in [0.29, 0.717) is 0 Å². The molecule has 1 N–H and O–H groups in total. The van der Waals surface area contributed by atoms with Gasteiger partial charge in [0.15, 0.2) is 5.78 Å². The summed E-state index contributed by atoms with van der Waals surface area (Å²) < 4.78 is 23.2. The van der Waals surface area contributed by atoms with Crippen molar-refractivity contribution < 1.29 is 15.4 Å². The second-order valence-electron chi connectivity index (χ2n) is 5.48. The molecule has 0 amide bonds. The van der Waals surface area contributed by atoms with E-state index in [1.54, 1.807) is 7.05 Å². The zero-order chi connectivity index (χ0) is 17.6. The SMILES string of the molecule is [2H][C@]1(n2c(C)nc3cc(F)cc(NC)c3c2=O)CCC(=O)CC1=O. The first-order valence-electron chi connectivity index (χ1n) is 7.74. The van der Waals surface area contributed by atoms with E-state index < -0.39 is 23.2 Å². The third-order valence-corrected chi connectivity index (χ3v) is 3.96. The molecule has 1 aliphatic rings. The summed E-state index contributed by atoms with van der Waals surface area (Å²) in [6.07, 6.45) is -0.383. The smallest absolute Gasteiger partial charge is 0.264 e. The summed E-state index contributed by atoms with van der Waals surface area (Å²) in [6, 6.07) is 0.432. The summed E-state index contributed by atoms with van der Waals surface area (Å²) in [4.78, 5) is 40.9. The lowest BCUT2D eigenvalue weighted by Crippen LogP contribution is -2.36. The largest absolute Gasteiger partial charge is 0.387 e. The summed E-state index contributed by atoms with van der Waals surface area (Å²) in [6.45, 7) is 1.49. The molecule has 23 heavy (non-hydrogen) atoms. The Bertz CT molecular complexity index is 940. The molecule has 3 rings (SSSR count). The number of benzene rings is 1. The normalized spacial score (nSPS) is 22.3. The van der Waals surface area contributed by atoms with Crippen LogP contribution in [0, 0.1) is 12.7 Å². The Hall–Kier alpha value is -2.57. The maximum absolute atomic E-state index is 13.7. The highest BCUT2D eigenvalue weighted by atomic mass is 19.1. The number of hydrogen-bond donors (Lipinski definition) is 1. The first-order valence-corrected chi connectivity index (χ1v) is 7.24. The molecule has 1 aliphatic carbocycles. The number of fused-ring (bicyclic) bond motifs is 1. The molecule has 7 heteroatoms. The Labute approximate surface area is 132 Å². The van der Waals surface area contributed by atoms with Gasteiger partial charge in [0.2, 0.25) is 0 Å². The second-order valence-corrected chi connectivity index (χ2v) is 5.48. The fourth-order valence-electron chi connectivity index (χ4n) is 2.91. The van der Waals surface area contributed by atoms with Crippen LogP contribution in [0.25, 0.3) is 10.9 Å². The Balaban J connectivity index is 2.34. The number of Topliss-reactive ketones (excluding diaryl/α,β-unsaturated/α-hetero) is 2. The molecule has 1 aromatic heterocycles. The summed E-state index contributed by atoms with van der Waals surface area (Å²) in [7, 11) is 1.54. The molecule has 1 atom stereocenters. The van der Waals surface area contributed by atoms with Crippen molar-refractivity contribution in [2.75, 3.05) is 12.4 Å². The number of halogens is 1. The van der Waals surface area contributed by atoms with Gasteiger partial charge in [-0.3, -0.25) is 19.0 Å². The lowest BCUT2D eigenvalue weighted by Gasteiger charge is -2.24. The van der Waals surface area contributed by atoms with Gasteiger partial charge >= 0.3 is 0 Å². The zero-order valence-electron chi connectivity index (χ0n) is 13.8. The molecule has 120 valence electrons. The van der Waals surface area contributed by atoms with Gasteiger partial charge in [0.1, 0.15) is 17.4 Å². The molecule has 0 aliphatic heterocycles. The summed E-state index contributed by atoms with van der Waals surface area (Å²) >= 11 is 0. The third-order valence-electron chi connectivity index (χ3n) is 3.96. The van der Waals surface area contributed by atoms with Crippen LogP contribution in [0.5, 0.6) is 0 Å². The minimum absolute atomic E-state index is 0.0570. The van der Waals surface area contributed by atoms with E-state index >= 15 is 0 Å². The van der Waals surface area contributed by atoms with Crippen molar-refractivity contribution in [1.82, 2.24) is 9.55 Å². The van der Waals surface area contributed by atoms with Crippen molar-refractivity contribution in [2.24, 2.45) is 0 Å². The molecule has 1 heterocycles. The molecule has 2 aromatic rings. The van der Waals surface area contributed by atoms with Crippen molar-refractivity contribution in [1.29, 1.82) is 0 Å². The number of anilines is 1. The van der Waals surface area contributed by atoms with Gasteiger partial charge in [-0.2, -0.15) is 0 Å². The minimum atomic E-state index is -1.87. The Morgan fingerprint density at radius 1 is 1.39 bits per heavy atom. The molecule has 0 unspecified atom stereocenters. The molecular weight excluding hydrogens is 301 g/mol. The van der Waals surface area contributed by atoms with E-state index in [1.165, 1.54) is 6.92 Å². The molecule has 0 bridgehead atoms. The van der Waals surface area contributed by atoms with Crippen molar-refractivity contribution in [3.05, 3.63) is 34.1 Å². The van der Waals surface area contributed by atoms with Crippen LogP contribution in [0.3, 0.4) is 0 Å². The lowest BCUT2D eigenvalue weighted by molar-refractivity contribution is -0.132. The van der Waals surface area contributed by atoms with Crippen LogP contribution in [-0.4, -0.2) is 28.2 Å². The van der Waals surface area contributed by atoms with Crippen LogP contribution >= 0.6 is 0 Å². The number of aromatic nitrogens is 2. The molecule has 1 fully saturated rings. The van der Waals surface area contributed by atoms with Gasteiger partial charge in [-0.05, 0) is 19.4 Å². The average molecular weight is 318 g/mol. The number of ketones is 2. The predicted molar refractivity (Wildman–Crippen MR) is 83.1 cm³/mol. The first kappa shape index (κ1) is 14.0. The van der Waals surface area contributed by atoms with Gasteiger partial charge in [-0.1, -0.05) is 0 Å². The number of nitrogens with one attached hydrogen (secondary N) is 1. The molecule has 6 nitrogen and oxygen atoms in total. The predicted octanol–water partition coefficient (Wildman–Crippen LogP) is 1.75. The third kappa shape index (κ3) is 2.52. The molecule has 0 spiro atoms. The number of aryl methyl sites for hydroxylation is 1. The highest BCUT2D eigenvalue weighted by molar-refractivity contribution is 6.03. The fraction of sp³-hybridized carbons (Fsp3) is 0.375. The van der Waals surface area contributed by atoms with Gasteiger partial charge in [0.25, 0.3) is 5.56 Å². The number of rotatable bonds is 2. The van der Waals surface area contributed by atoms with E-state index in [4.69, 9.17) is 1.37 Å². The van der Waals surface area contributed by atoms with Crippen molar-refractivity contribution in [3.8, 4) is 0 Å². The second kappa shape index (κ2) is 5.57. The first-order chi connectivity index (χ1) is 11.3. The molecule has 1 aromatic carbocycles. The highest BCUT2D eigenvalue weighted by Gasteiger charge is 2.31. The molecular formula is C16H16FN3O3. The highest BCUT2D eigenvalue weighted by Crippen LogP contribution is 2.26. The Morgan fingerprint density at radius 3 is 2.78 bits per heavy atom. The summed E-state index contributed by atoms with van der Waals surface area (Å²) in [5.41, 5.74) is -0.209. The monoisotopic (exact) mass is 318 g/mol. The van der Waals surface area contributed by atoms with Crippen molar-refractivity contribution >= 4 is 28.2 Å². The quantitative estimate of drug-likeness (QED) is 0.853. The van der Waals surface area contributed by atoms with Crippen molar-refractivity contribution in [2.45, 2.75) is 32.2 Å². The summed E-state index contributed by atoms with van der Waals surface area (Å²) in [5.74, 6) is -1.27. The van der Waals surface area contributed by atoms with Gasteiger partial charge in [0.05, 0.1) is 30.4 Å². The van der Waals surface area contributed by atoms with E-state index in [9.17, 15) is 18.8 Å². The maximum atomic E-state index is 13.7. The maximum Gasteiger partial charge on any atom is 0.264 e.